The third kappa shape index (κ3) is 4.50. The smallest absolute Gasteiger partial charge is 0.410 e. The van der Waals surface area contributed by atoms with Crippen LogP contribution in [0.4, 0.5) is 10.6 Å². The molecule has 176 valence electrons. The molecule has 0 bridgehead atoms. The van der Waals surface area contributed by atoms with Gasteiger partial charge in [0.25, 0.3) is 0 Å². The molecule has 5 rings (SSSR count). The molecule has 1 aromatic carbocycles. The molecule has 1 amide bonds. The summed E-state index contributed by atoms with van der Waals surface area (Å²) in [5.41, 5.74) is 10.6. The van der Waals surface area contributed by atoms with Crippen molar-refractivity contribution in [1.29, 1.82) is 0 Å². The molecule has 7 nitrogen and oxygen atoms in total. The Balaban J connectivity index is 1.45. The lowest BCUT2D eigenvalue weighted by Gasteiger charge is -2.33. The van der Waals surface area contributed by atoms with Gasteiger partial charge in [-0.05, 0) is 56.2 Å². The van der Waals surface area contributed by atoms with E-state index in [0.717, 1.165) is 29.1 Å². The van der Waals surface area contributed by atoms with Crippen LogP contribution in [0.3, 0.4) is 0 Å². The van der Waals surface area contributed by atoms with Gasteiger partial charge in [-0.2, -0.15) is 0 Å². The molecule has 0 radical (unpaired) electrons. The van der Waals surface area contributed by atoms with Crippen molar-refractivity contribution in [1.82, 2.24) is 19.3 Å². The summed E-state index contributed by atoms with van der Waals surface area (Å²) in [6.45, 7) is 6.95. The number of piperidine rings is 1. The lowest BCUT2D eigenvalue weighted by molar-refractivity contribution is 0.0197. The second-order valence-electron chi connectivity index (χ2n) is 9.72. The number of rotatable bonds is 3. The Kier molecular flexibility index (Phi) is 5.77. The van der Waals surface area contributed by atoms with E-state index in [4.69, 9.17) is 15.5 Å². The minimum atomic E-state index is -0.512. The molecular formula is C26H29N5O2S. The van der Waals surface area contributed by atoms with E-state index >= 15 is 0 Å². The zero-order valence-corrected chi connectivity index (χ0v) is 20.5. The van der Waals surface area contributed by atoms with E-state index in [0.29, 0.717) is 24.6 Å². The first-order valence-corrected chi connectivity index (χ1v) is 12.4. The van der Waals surface area contributed by atoms with Crippen LogP contribution in [-0.4, -0.2) is 44.1 Å². The molecule has 0 aliphatic carbocycles. The number of benzene rings is 1. The second kappa shape index (κ2) is 8.76. The average molecular weight is 476 g/mol. The van der Waals surface area contributed by atoms with E-state index in [2.05, 4.69) is 28.6 Å². The van der Waals surface area contributed by atoms with Crippen molar-refractivity contribution in [2.24, 2.45) is 0 Å². The average Bonchev–Trinajstić information content (AvgIpc) is 3.48. The Labute approximate surface area is 203 Å². The number of hydrogen-bond donors (Lipinski definition) is 1. The summed E-state index contributed by atoms with van der Waals surface area (Å²) in [6.07, 6.45) is 5.46. The first-order chi connectivity index (χ1) is 16.3. The third-order valence-electron chi connectivity index (χ3n) is 5.99. The van der Waals surface area contributed by atoms with Crippen molar-refractivity contribution in [3.63, 3.8) is 0 Å². The predicted octanol–water partition coefficient (Wildman–Crippen LogP) is 5.82. The number of ether oxygens (including phenoxy) is 1. The van der Waals surface area contributed by atoms with Gasteiger partial charge in [0, 0.05) is 25.2 Å². The van der Waals surface area contributed by atoms with Gasteiger partial charge in [-0.1, -0.05) is 30.3 Å². The highest BCUT2D eigenvalue weighted by atomic mass is 32.1. The molecule has 8 heteroatoms. The number of amides is 1. The maximum Gasteiger partial charge on any atom is 0.410 e. The van der Waals surface area contributed by atoms with E-state index in [9.17, 15) is 4.79 Å². The van der Waals surface area contributed by atoms with Crippen LogP contribution in [0.1, 0.15) is 45.2 Å². The quantitative estimate of drug-likeness (QED) is 0.403. The molecule has 1 aliphatic heterocycles. The molecule has 34 heavy (non-hydrogen) atoms. The maximum atomic E-state index is 12.6. The summed E-state index contributed by atoms with van der Waals surface area (Å²) in [6, 6.07) is 12.5. The zero-order valence-electron chi connectivity index (χ0n) is 19.7. The first kappa shape index (κ1) is 22.4. The number of nitrogens with zero attached hydrogens (tertiary/aromatic N) is 4. The van der Waals surface area contributed by atoms with E-state index < -0.39 is 5.60 Å². The molecule has 1 atom stereocenters. The van der Waals surface area contributed by atoms with Gasteiger partial charge in [0.2, 0.25) is 0 Å². The van der Waals surface area contributed by atoms with Crippen LogP contribution in [0, 0.1) is 0 Å². The van der Waals surface area contributed by atoms with E-state index in [-0.39, 0.29) is 12.0 Å². The van der Waals surface area contributed by atoms with Crippen molar-refractivity contribution in [2.75, 3.05) is 18.8 Å². The number of hydrogen-bond acceptors (Lipinski definition) is 6. The molecule has 0 saturated carbocycles. The number of carbonyl (C=O) groups excluding carboxylic acids is 1. The minimum Gasteiger partial charge on any atom is -0.444 e. The number of fused-ring (bicyclic) bond motifs is 1. The highest BCUT2D eigenvalue weighted by Gasteiger charge is 2.30. The predicted molar refractivity (Wildman–Crippen MR) is 136 cm³/mol. The van der Waals surface area contributed by atoms with Crippen LogP contribution in [0.2, 0.25) is 0 Å². The normalized spacial score (nSPS) is 16.7. The third-order valence-corrected chi connectivity index (χ3v) is 6.94. The summed E-state index contributed by atoms with van der Waals surface area (Å²) in [5, 5.41) is 2.16. The van der Waals surface area contributed by atoms with Crippen LogP contribution in [0.5, 0.6) is 0 Å². The number of nitrogen functional groups attached to an aromatic ring is 1. The van der Waals surface area contributed by atoms with E-state index in [1.807, 2.05) is 55.8 Å². The van der Waals surface area contributed by atoms with Crippen molar-refractivity contribution < 1.29 is 9.53 Å². The Bertz CT molecular complexity index is 1320. The molecule has 1 unspecified atom stereocenters. The molecule has 0 spiro atoms. The Morgan fingerprint density at radius 1 is 1.21 bits per heavy atom. The number of anilines is 1. The summed E-state index contributed by atoms with van der Waals surface area (Å²) in [4.78, 5) is 24.8. The van der Waals surface area contributed by atoms with Crippen LogP contribution in [-0.2, 0) is 4.74 Å². The largest absolute Gasteiger partial charge is 0.444 e. The van der Waals surface area contributed by atoms with Gasteiger partial charge in [-0.3, -0.25) is 4.40 Å². The van der Waals surface area contributed by atoms with Gasteiger partial charge in [0.05, 0.1) is 22.5 Å². The minimum absolute atomic E-state index is 0.122. The van der Waals surface area contributed by atoms with Crippen molar-refractivity contribution in [3.8, 4) is 21.7 Å². The zero-order chi connectivity index (χ0) is 23.9. The fourth-order valence-corrected chi connectivity index (χ4v) is 5.28. The van der Waals surface area contributed by atoms with Crippen molar-refractivity contribution in [3.05, 3.63) is 59.9 Å². The number of carbonyl (C=O) groups is 1. The first-order valence-electron chi connectivity index (χ1n) is 11.5. The summed E-state index contributed by atoms with van der Waals surface area (Å²) < 4.78 is 7.62. The van der Waals surface area contributed by atoms with E-state index in [1.54, 1.807) is 16.2 Å². The SMILES string of the molecule is CC(C)(C)OC(=O)N1CCCC(c2cn3c(-c4cc(-c5ccccc5)cs4)cnc(N)c3n2)C1. The number of nitrogens with two attached hydrogens (primary N) is 1. The van der Waals surface area contributed by atoms with Crippen molar-refractivity contribution >= 4 is 28.9 Å². The summed E-state index contributed by atoms with van der Waals surface area (Å²) in [7, 11) is 0. The fraction of sp³-hybridized carbons (Fsp3) is 0.346. The molecular weight excluding hydrogens is 446 g/mol. The monoisotopic (exact) mass is 475 g/mol. The van der Waals surface area contributed by atoms with Gasteiger partial charge in [-0.15, -0.1) is 11.3 Å². The van der Waals surface area contributed by atoms with Crippen LogP contribution < -0.4 is 5.73 Å². The maximum absolute atomic E-state index is 12.6. The van der Waals surface area contributed by atoms with Gasteiger partial charge in [0.15, 0.2) is 11.5 Å². The number of imidazole rings is 1. The lowest BCUT2D eigenvalue weighted by Crippen LogP contribution is -2.42. The Hall–Kier alpha value is -3.39. The van der Waals surface area contributed by atoms with Gasteiger partial charge < -0.3 is 15.4 Å². The van der Waals surface area contributed by atoms with Gasteiger partial charge in [-0.25, -0.2) is 14.8 Å². The van der Waals surface area contributed by atoms with Crippen LogP contribution >= 0.6 is 11.3 Å². The molecule has 4 heterocycles. The van der Waals surface area contributed by atoms with E-state index in [1.165, 1.54) is 11.1 Å². The van der Waals surface area contributed by atoms with Crippen LogP contribution in [0.15, 0.2) is 54.2 Å². The molecule has 1 saturated heterocycles. The van der Waals surface area contributed by atoms with Gasteiger partial charge in [0.1, 0.15) is 5.60 Å². The molecule has 2 N–H and O–H groups in total. The highest BCUT2D eigenvalue weighted by molar-refractivity contribution is 7.14. The summed E-state index contributed by atoms with van der Waals surface area (Å²) >= 11 is 1.67. The second-order valence-corrected chi connectivity index (χ2v) is 10.6. The molecule has 3 aromatic heterocycles. The molecule has 1 aliphatic rings. The topological polar surface area (TPSA) is 85.8 Å². The number of likely N-dealkylation sites (tertiary alicyclic amines) is 1. The van der Waals surface area contributed by atoms with Crippen LogP contribution in [0.25, 0.3) is 27.3 Å². The highest BCUT2D eigenvalue weighted by Crippen LogP contribution is 2.35. The molecule has 4 aromatic rings. The fourth-order valence-electron chi connectivity index (χ4n) is 4.36. The lowest BCUT2D eigenvalue weighted by atomic mass is 9.95. The number of thiophene rings is 1. The summed E-state index contributed by atoms with van der Waals surface area (Å²) in [5.74, 6) is 0.520. The standard InChI is InChI=1S/C26H29N5O2S/c1-26(2,3)33-25(32)30-11-7-10-18(14-30)20-15-31-21(13-28-23(27)24(31)29-20)22-12-19(16-34-22)17-8-5-4-6-9-17/h4-6,8-9,12-13,15-16,18H,7,10-11,14H2,1-3H3,(H2,27,28). The molecule has 1 fully saturated rings. The van der Waals surface area contributed by atoms with Crippen molar-refractivity contribution in [2.45, 2.75) is 45.1 Å². The van der Waals surface area contributed by atoms with Gasteiger partial charge >= 0.3 is 6.09 Å². The Morgan fingerprint density at radius 3 is 2.76 bits per heavy atom. The Morgan fingerprint density at radius 2 is 2.00 bits per heavy atom. The number of aromatic nitrogens is 3.